The van der Waals surface area contributed by atoms with Gasteiger partial charge in [-0.25, -0.2) is 4.39 Å². The van der Waals surface area contributed by atoms with Gasteiger partial charge in [-0.3, -0.25) is 9.59 Å². The van der Waals surface area contributed by atoms with E-state index in [9.17, 15) is 14.0 Å². The van der Waals surface area contributed by atoms with Crippen molar-refractivity contribution in [1.82, 2.24) is 5.32 Å². The van der Waals surface area contributed by atoms with Crippen LogP contribution < -0.4 is 5.32 Å². The molecule has 1 N–H and O–H groups in total. The molecule has 0 saturated heterocycles. The van der Waals surface area contributed by atoms with Gasteiger partial charge in [-0.15, -0.1) is 0 Å². The number of hydrogen-bond acceptors (Lipinski definition) is 3. The van der Waals surface area contributed by atoms with E-state index in [0.29, 0.717) is 0 Å². The van der Waals surface area contributed by atoms with E-state index in [0.717, 1.165) is 6.07 Å². The lowest BCUT2D eigenvalue weighted by Crippen LogP contribution is -2.30. The molecule has 0 atom stereocenters. The Hall–Kier alpha value is -1.43. The molecule has 0 aliphatic carbocycles. The van der Waals surface area contributed by atoms with Crippen molar-refractivity contribution in [2.24, 2.45) is 0 Å². The summed E-state index contributed by atoms with van der Waals surface area (Å²) in [6, 6.07) is 3.83. The Morgan fingerprint density at radius 2 is 2.19 bits per heavy atom. The van der Waals surface area contributed by atoms with Gasteiger partial charge in [0.25, 0.3) is 5.91 Å². The average molecular weight is 290 g/mol. The Morgan fingerprint density at radius 1 is 1.50 bits per heavy atom. The number of nitrogens with one attached hydrogen (secondary N) is 1. The fraction of sp³-hybridized carbons (Fsp3) is 0.200. The average Bonchev–Trinajstić information content (AvgIpc) is 2.29. The number of methoxy groups -OCH3 is 1. The highest BCUT2D eigenvalue weighted by Crippen LogP contribution is 2.16. The summed E-state index contributed by atoms with van der Waals surface area (Å²) < 4.78 is 17.4. The van der Waals surface area contributed by atoms with Crippen molar-refractivity contribution in [2.45, 2.75) is 0 Å². The first kappa shape index (κ1) is 12.6. The summed E-state index contributed by atoms with van der Waals surface area (Å²) in [5.74, 6) is -1.47. The molecule has 0 aliphatic rings. The molecule has 0 spiro atoms. The van der Waals surface area contributed by atoms with Crippen LogP contribution in [0.2, 0.25) is 0 Å². The van der Waals surface area contributed by atoms with Gasteiger partial charge in [0.1, 0.15) is 12.4 Å². The van der Waals surface area contributed by atoms with Gasteiger partial charge in [0.05, 0.1) is 11.6 Å². The van der Waals surface area contributed by atoms with Crippen LogP contribution in [0, 0.1) is 5.82 Å². The number of rotatable bonds is 3. The molecule has 0 fully saturated rings. The van der Waals surface area contributed by atoms with Gasteiger partial charge in [0, 0.05) is 5.56 Å². The summed E-state index contributed by atoms with van der Waals surface area (Å²) in [6.45, 7) is -0.218. The number of benzene rings is 1. The van der Waals surface area contributed by atoms with Crippen molar-refractivity contribution in [3.8, 4) is 0 Å². The van der Waals surface area contributed by atoms with Gasteiger partial charge in [0.15, 0.2) is 0 Å². The summed E-state index contributed by atoms with van der Waals surface area (Å²) in [5.41, 5.74) is 0.261. The topological polar surface area (TPSA) is 55.4 Å². The molecule has 0 radical (unpaired) electrons. The highest BCUT2D eigenvalue weighted by molar-refractivity contribution is 9.10. The van der Waals surface area contributed by atoms with Crippen LogP contribution in [0.5, 0.6) is 0 Å². The van der Waals surface area contributed by atoms with Gasteiger partial charge in [-0.2, -0.15) is 0 Å². The van der Waals surface area contributed by atoms with Crippen LogP contribution in [0.3, 0.4) is 0 Å². The number of hydrogen-bond donors (Lipinski definition) is 1. The van der Waals surface area contributed by atoms with Gasteiger partial charge >= 0.3 is 5.97 Å². The van der Waals surface area contributed by atoms with Crippen molar-refractivity contribution in [3.63, 3.8) is 0 Å². The first-order valence-electron chi connectivity index (χ1n) is 4.34. The Balaban J connectivity index is 2.66. The fourth-order valence-electron chi connectivity index (χ4n) is 0.964. The first-order chi connectivity index (χ1) is 7.54. The molecule has 0 bridgehead atoms. The molecular formula is C10H9BrFNO3. The SMILES string of the molecule is COC(=O)CNC(=O)c1ccc(F)c(Br)c1. The number of ether oxygens (including phenoxy) is 1. The Labute approximate surface area is 99.9 Å². The number of carbonyl (C=O) groups is 2. The maximum absolute atomic E-state index is 12.9. The maximum Gasteiger partial charge on any atom is 0.325 e. The highest BCUT2D eigenvalue weighted by Gasteiger charge is 2.09. The van der Waals surface area contributed by atoms with E-state index >= 15 is 0 Å². The molecule has 16 heavy (non-hydrogen) atoms. The molecule has 1 amide bonds. The second kappa shape index (κ2) is 5.60. The molecule has 0 saturated carbocycles. The zero-order valence-corrected chi connectivity index (χ0v) is 10.0. The zero-order chi connectivity index (χ0) is 12.1. The van der Waals surface area contributed by atoms with Gasteiger partial charge < -0.3 is 10.1 Å². The lowest BCUT2D eigenvalue weighted by Gasteiger charge is -2.04. The molecule has 1 aromatic carbocycles. The van der Waals surface area contributed by atoms with Crippen LogP contribution in [0.1, 0.15) is 10.4 Å². The Kier molecular flexibility index (Phi) is 4.42. The van der Waals surface area contributed by atoms with Crippen LogP contribution in [-0.4, -0.2) is 25.5 Å². The first-order valence-corrected chi connectivity index (χ1v) is 5.14. The minimum Gasteiger partial charge on any atom is -0.468 e. The van der Waals surface area contributed by atoms with Crippen molar-refractivity contribution < 1.29 is 18.7 Å². The lowest BCUT2D eigenvalue weighted by atomic mass is 10.2. The van der Waals surface area contributed by atoms with Gasteiger partial charge in [-0.05, 0) is 34.1 Å². The monoisotopic (exact) mass is 289 g/mol. The second-order valence-corrected chi connectivity index (χ2v) is 3.74. The number of amides is 1. The van der Waals surface area contributed by atoms with E-state index in [1.807, 2.05) is 0 Å². The third kappa shape index (κ3) is 3.30. The predicted octanol–water partition coefficient (Wildman–Crippen LogP) is 1.49. The second-order valence-electron chi connectivity index (χ2n) is 2.89. The van der Waals surface area contributed by atoms with E-state index in [1.54, 1.807) is 0 Å². The summed E-state index contributed by atoms with van der Waals surface area (Å²) in [5, 5.41) is 2.34. The van der Waals surface area contributed by atoms with Crippen LogP contribution in [0.25, 0.3) is 0 Å². The molecule has 1 rings (SSSR count). The van der Waals surface area contributed by atoms with Gasteiger partial charge in [-0.1, -0.05) is 0 Å². The normalized spacial score (nSPS) is 9.69. The molecule has 0 unspecified atom stereocenters. The molecule has 0 aliphatic heterocycles. The number of esters is 1. The predicted molar refractivity (Wildman–Crippen MR) is 58.4 cm³/mol. The van der Waals surface area contributed by atoms with Crippen LogP contribution in [-0.2, 0) is 9.53 Å². The zero-order valence-electron chi connectivity index (χ0n) is 8.42. The highest BCUT2D eigenvalue weighted by atomic mass is 79.9. The Bertz CT molecular complexity index is 423. The van der Waals surface area contributed by atoms with Crippen LogP contribution in [0.4, 0.5) is 4.39 Å². The molecule has 86 valence electrons. The number of halogens is 2. The third-order valence-electron chi connectivity index (χ3n) is 1.80. The van der Waals surface area contributed by atoms with Crippen molar-refractivity contribution in [3.05, 3.63) is 34.1 Å². The summed E-state index contributed by atoms with van der Waals surface area (Å²) in [4.78, 5) is 22.2. The van der Waals surface area contributed by atoms with E-state index in [-0.39, 0.29) is 16.6 Å². The molecule has 4 nitrogen and oxygen atoms in total. The number of carbonyl (C=O) groups excluding carboxylic acids is 2. The standard InChI is InChI=1S/C10H9BrFNO3/c1-16-9(14)5-13-10(15)6-2-3-8(12)7(11)4-6/h2-4H,5H2,1H3,(H,13,15). The third-order valence-corrected chi connectivity index (χ3v) is 2.41. The summed E-state index contributed by atoms with van der Waals surface area (Å²) >= 11 is 2.96. The Morgan fingerprint density at radius 3 is 2.75 bits per heavy atom. The smallest absolute Gasteiger partial charge is 0.325 e. The minimum absolute atomic E-state index is 0.193. The summed E-state index contributed by atoms with van der Waals surface area (Å²) in [6.07, 6.45) is 0. The molecule has 0 heterocycles. The molecule has 1 aromatic rings. The minimum atomic E-state index is -0.547. The van der Waals surface area contributed by atoms with Crippen molar-refractivity contribution in [1.29, 1.82) is 0 Å². The largest absolute Gasteiger partial charge is 0.468 e. The maximum atomic E-state index is 12.9. The van der Waals surface area contributed by atoms with Gasteiger partial charge in [0.2, 0.25) is 0 Å². The van der Waals surface area contributed by atoms with E-state index in [4.69, 9.17) is 0 Å². The molecule has 0 aromatic heterocycles. The summed E-state index contributed by atoms with van der Waals surface area (Å²) in [7, 11) is 1.23. The quantitative estimate of drug-likeness (QED) is 0.858. The van der Waals surface area contributed by atoms with Crippen LogP contribution >= 0.6 is 15.9 Å². The van der Waals surface area contributed by atoms with Crippen molar-refractivity contribution >= 4 is 27.8 Å². The molecular weight excluding hydrogens is 281 g/mol. The molecule has 6 heteroatoms. The van der Waals surface area contributed by atoms with E-state index < -0.39 is 17.7 Å². The van der Waals surface area contributed by atoms with E-state index in [2.05, 4.69) is 26.0 Å². The fourth-order valence-corrected chi connectivity index (χ4v) is 1.34. The van der Waals surface area contributed by atoms with Crippen molar-refractivity contribution in [2.75, 3.05) is 13.7 Å². The lowest BCUT2D eigenvalue weighted by molar-refractivity contribution is -0.139. The van der Waals surface area contributed by atoms with Crippen LogP contribution in [0.15, 0.2) is 22.7 Å². The van der Waals surface area contributed by atoms with E-state index in [1.165, 1.54) is 19.2 Å².